The third-order valence-corrected chi connectivity index (χ3v) is 4.28. The van der Waals surface area contributed by atoms with Crippen LogP contribution in [0.3, 0.4) is 0 Å². The third-order valence-electron chi connectivity index (χ3n) is 4.28. The van der Waals surface area contributed by atoms with Gasteiger partial charge in [-0.2, -0.15) is 0 Å². The van der Waals surface area contributed by atoms with Gasteiger partial charge in [0.15, 0.2) is 6.29 Å². The zero-order valence-electron chi connectivity index (χ0n) is 18.2. The number of hydrogen-bond donors (Lipinski definition) is 8. The minimum absolute atomic E-state index is 0.0258. The van der Waals surface area contributed by atoms with E-state index in [1.165, 1.54) is 0 Å². The van der Waals surface area contributed by atoms with E-state index in [0.29, 0.717) is 0 Å². The first-order chi connectivity index (χ1) is 15.4. The molecule has 1 rings (SSSR count). The van der Waals surface area contributed by atoms with E-state index in [2.05, 4.69) is 10.6 Å². The Kier molecular flexibility index (Phi) is 18.2. The van der Waals surface area contributed by atoms with Crippen LogP contribution >= 0.6 is 0 Å². The van der Waals surface area contributed by atoms with Gasteiger partial charge in [0.25, 0.3) is 0 Å². The maximum absolute atomic E-state index is 11.6. The van der Waals surface area contributed by atoms with E-state index >= 15 is 0 Å². The third kappa shape index (κ3) is 14.8. The minimum atomic E-state index is -1.79. The Morgan fingerprint density at radius 2 is 1.59 bits per heavy atom. The van der Waals surface area contributed by atoms with E-state index in [0.717, 1.165) is 51.0 Å². The Labute approximate surface area is 188 Å². The molecule has 0 heterocycles. The van der Waals surface area contributed by atoms with Crippen LogP contribution in [0.15, 0.2) is 36.4 Å². The summed E-state index contributed by atoms with van der Waals surface area (Å²) < 4.78 is 0. The van der Waals surface area contributed by atoms with Crippen molar-refractivity contribution in [2.24, 2.45) is 5.73 Å². The van der Waals surface area contributed by atoms with Gasteiger partial charge in [-0.3, -0.25) is 4.79 Å². The molecule has 0 radical (unpaired) electrons. The molecule has 4 unspecified atom stereocenters. The van der Waals surface area contributed by atoms with Gasteiger partial charge < -0.3 is 46.7 Å². The molecule has 1 aromatic carbocycles. The van der Waals surface area contributed by atoms with Crippen molar-refractivity contribution in [3.8, 4) is 0 Å². The number of rotatable bonds is 15. The number of unbranched alkanes of at least 4 members (excludes halogenated alkanes) is 1. The summed E-state index contributed by atoms with van der Waals surface area (Å²) in [7, 11) is 0. The van der Waals surface area contributed by atoms with Crippen LogP contribution in [0.25, 0.3) is 6.08 Å². The number of nitrogens with two attached hydrogens (primary N) is 1. The van der Waals surface area contributed by atoms with Crippen LogP contribution in [0, 0.1) is 0 Å². The molecule has 0 saturated heterocycles. The first-order valence-corrected chi connectivity index (χ1v) is 10.6. The number of aliphatic hydroxyl groups excluding tert-OH is 5. The summed E-state index contributed by atoms with van der Waals surface area (Å²) in [6.45, 7) is 2.65. The molecule has 0 fully saturated rings. The number of carbonyl (C=O) groups is 2. The van der Waals surface area contributed by atoms with Crippen LogP contribution in [0.2, 0.25) is 0 Å². The molecule has 0 aliphatic heterocycles. The Morgan fingerprint density at radius 3 is 2.19 bits per heavy atom. The number of benzene rings is 1. The average molecular weight is 456 g/mol. The summed E-state index contributed by atoms with van der Waals surface area (Å²) >= 11 is 0. The summed E-state index contributed by atoms with van der Waals surface area (Å²) in [5.74, 6) is -0.0371. The quantitative estimate of drug-likeness (QED) is 0.0854. The molecule has 10 heteroatoms. The number of hydrogen-bond acceptors (Lipinski definition) is 9. The highest BCUT2D eigenvalue weighted by molar-refractivity contribution is 5.91. The average Bonchev–Trinajstić information content (AvgIpc) is 2.83. The normalized spacial score (nSPS) is 14.7. The summed E-state index contributed by atoms with van der Waals surface area (Å²) in [4.78, 5) is 21.5. The van der Waals surface area contributed by atoms with Gasteiger partial charge in [-0.05, 0) is 50.5 Å². The van der Waals surface area contributed by atoms with Gasteiger partial charge in [0.2, 0.25) is 5.91 Å². The smallest absolute Gasteiger partial charge is 0.243 e. The van der Waals surface area contributed by atoms with Gasteiger partial charge in [-0.1, -0.05) is 30.3 Å². The first kappa shape index (κ1) is 29.8. The lowest BCUT2D eigenvalue weighted by atomic mass is 10.0. The molecular weight excluding hydrogens is 418 g/mol. The monoisotopic (exact) mass is 455 g/mol. The second-order valence-electron chi connectivity index (χ2n) is 6.99. The van der Waals surface area contributed by atoms with Crippen molar-refractivity contribution in [1.82, 2.24) is 10.6 Å². The van der Waals surface area contributed by atoms with Crippen molar-refractivity contribution in [1.29, 1.82) is 0 Å². The topological polar surface area (TPSA) is 185 Å². The van der Waals surface area contributed by atoms with Gasteiger partial charge in [0.05, 0.1) is 6.61 Å². The lowest BCUT2D eigenvalue weighted by Gasteiger charge is -2.22. The van der Waals surface area contributed by atoms with Crippen LogP contribution in [-0.2, 0) is 9.59 Å². The second kappa shape index (κ2) is 19.5. The molecule has 0 spiro atoms. The van der Waals surface area contributed by atoms with Crippen molar-refractivity contribution in [2.75, 3.05) is 32.8 Å². The molecule has 0 aliphatic rings. The SMILES string of the molecule is NCCCNCCCCNC(=O)C=Cc1ccccc1.O=CC(O)C(O)C(O)C(O)CO. The maximum Gasteiger partial charge on any atom is 0.243 e. The molecule has 1 aromatic rings. The molecule has 0 bridgehead atoms. The van der Waals surface area contributed by atoms with Crippen LogP contribution in [0.1, 0.15) is 24.8 Å². The molecule has 4 atom stereocenters. The van der Waals surface area contributed by atoms with Crippen molar-refractivity contribution in [3.05, 3.63) is 42.0 Å². The minimum Gasteiger partial charge on any atom is -0.394 e. The lowest BCUT2D eigenvalue weighted by Crippen LogP contribution is -2.46. The molecular formula is C22H37N3O7. The summed E-state index contributed by atoms with van der Waals surface area (Å²) in [5.41, 5.74) is 6.43. The van der Waals surface area contributed by atoms with Gasteiger partial charge in [-0.15, -0.1) is 0 Å². The van der Waals surface area contributed by atoms with E-state index in [4.69, 9.17) is 31.3 Å². The van der Waals surface area contributed by atoms with Crippen LogP contribution < -0.4 is 16.4 Å². The summed E-state index contributed by atoms with van der Waals surface area (Å²) in [6.07, 6.45) is -0.374. The fraction of sp³-hybridized carbons (Fsp3) is 0.545. The summed E-state index contributed by atoms with van der Waals surface area (Å²) in [6, 6.07) is 9.80. The van der Waals surface area contributed by atoms with Gasteiger partial charge >= 0.3 is 0 Å². The fourth-order valence-corrected chi connectivity index (χ4v) is 2.35. The standard InChI is InChI=1S/C16H25N3O.C6H12O6/c17-11-6-13-18-12-4-5-14-19-16(20)10-9-15-7-2-1-3-8-15;7-1-3(9)5(11)6(12)4(10)2-8/h1-3,7-10,18H,4-6,11-14,17H2,(H,19,20);1,3-6,8-12H,2H2. The van der Waals surface area contributed by atoms with Crippen molar-refractivity contribution in [3.63, 3.8) is 0 Å². The Hall–Kier alpha value is -2.18. The van der Waals surface area contributed by atoms with Crippen LogP contribution in [0.5, 0.6) is 0 Å². The van der Waals surface area contributed by atoms with Crippen molar-refractivity contribution >= 4 is 18.3 Å². The van der Waals surface area contributed by atoms with Crippen molar-refractivity contribution < 1.29 is 35.1 Å². The number of aliphatic hydroxyl groups is 5. The van der Waals surface area contributed by atoms with Crippen molar-refractivity contribution in [2.45, 2.75) is 43.7 Å². The van der Waals surface area contributed by atoms with E-state index in [9.17, 15) is 9.59 Å². The van der Waals surface area contributed by atoms with Crippen LogP contribution in [0.4, 0.5) is 0 Å². The highest BCUT2D eigenvalue weighted by Crippen LogP contribution is 2.03. The molecule has 0 aliphatic carbocycles. The molecule has 32 heavy (non-hydrogen) atoms. The highest BCUT2D eigenvalue weighted by Gasteiger charge is 2.29. The zero-order valence-corrected chi connectivity index (χ0v) is 18.2. The van der Waals surface area contributed by atoms with E-state index in [1.54, 1.807) is 6.08 Å². The number of aldehydes is 1. The Bertz CT molecular complexity index is 631. The van der Waals surface area contributed by atoms with E-state index in [-0.39, 0.29) is 12.2 Å². The van der Waals surface area contributed by atoms with Gasteiger partial charge in [-0.25, -0.2) is 0 Å². The largest absolute Gasteiger partial charge is 0.394 e. The number of nitrogens with one attached hydrogen (secondary N) is 2. The molecule has 0 aromatic heterocycles. The zero-order chi connectivity index (χ0) is 24.2. The van der Waals surface area contributed by atoms with Crippen LogP contribution in [-0.4, -0.2) is 94.9 Å². The molecule has 10 nitrogen and oxygen atoms in total. The van der Waals surface area contributed by atoms with E-state index in [1.807, 2.05) is 36.4 Å². The molecule has 0 saturated carbocycles. The van der Waals surface area contributed by atoms with Gasteiger partial charge in [0, 0.05) is 12.6 Å². The summed E-state index contributed by atoms with van der Waals surface area (Å²) in [5, 5.41) is 49.7. The lowest BCUT2D eigenvalue weighted by molar-refractivity contribution is -0.136. The first-order valence-electron chi connectivity index (χ1n) is 10.6. The molecule has 9 N–H and O–H groups in total. The number of amides is 1. The second-order valence-corrected chi connectivity index (χ2v) is 6.99. The van der Waals surface area contributed by atoms with E-state index < -0.39 is 31.0 Å². The maximum atomic E-state index is 11.6. The highest BCUT2D eigenvalue weighted by atomic mass is 16.4. The van der Waals surface area contributed by atoms with Gasteiger partial charge in [0.1, 0.15) is 24.4 Å². The predicted octanol–water partition coefficient (Wildman–Crippen LogP) is -1.84. The predicted molar refractivity (Wildman–Crippen MR) is 121 cm³/mol. The Morgan fingerprint density at radius 1 is 0.969 bits per heavy atom. The molecule has 182 valence electrons. The fourth-order valence-electron chi connectivity index (χ4n) is 2.35. The Balaban J connectivity index is 0.000000687. The molecule has 1 amide bonds. The number of carbonyl (C=O) groups excluding carboxylic acids is 2.